The van der Waals surface area contributed by atoms with Gasteiger partial charge in [-0.25, -0.2) is 0 Å². The van der Waals surface area contributed by atoms with E-state index >= 15 is 0 Å². The van der Waals surface area contributed by atoms with Crippen molar-refractivity contribution in [3.05, 3.63) is 12.2 Å². The molecule has 0 amide bonds. The van der Waals surface area contributed by atoms with Crippen molar-refractivity contribution in [1.82, 2.24) is 0 Å². The first-order chi connectivity index (χ1) is 11.7. The van der Waals surface area contributed by atoms with Crippen molar-refractivity contribution in [2.45, 2.75) is 62.6 Å². The first-order valence-electron chi connectivity index (χ1n) is 9.79. The van der Waals surface area contributed by atoms with Crippen LogP contribution in [0.4, 0.5) is 0 Å². The quantitative estimate of drug-likeness (QED) is 0.507. The fraction of sp³-hybridized carbons (Fsp3) is 0.800. The summed E-state index contributed by atoms with van der Waals surface area (Å²) >= 11 is 0. The molecule has 2 heterocycles. The van der Waals surface area contributed by atoms with E-state index in [-0.39, 0.29) is 58.6 Å². The van der Waals surface area contributed by atoms with Gasteiger partial charge in [-0.15, -0.1) is 0 Å². The third-order valence-electron chi connectivity index (χ3n) is 8.25. The minimum atomic E-state index is -0.244. The molecule has 5 aliphatic carbocycles. The van der Waals surface area contributed by atoms with Crippen LogP contribution in [0, 0.1) is 35.5 Å². The topological polar surface area (TPSA) is 52.6 Å². The van der Waals surface area contributed by atoms with Gasteiger partial charge in [0.2, 0.25) is 0 Å². The lowest BCUT2D eigenvalue weighted by atomic mass is 9.48. The van der Waals surface area contributed by atoms with Gasteiger partial charge in [-0.1, -0.05) is 12.2 Å². The van der Waals surface area contributed by atoms with Gasteiger partial charge in [0.05, 0.1) is 11.8 Å². The molecular weight excluding hydrogens is 304 g/mol. The van der Waals surface area contributed by atoms with E-state index < -0.39 is 0 Å². The molecule has 0 aromatic rings. The van der Waals surface area contributed by atoms with Crippen molar-refractivity contribution in [3.63, 3.8) is 0 Å². The van der Waals surface area contributed by atoms with Crippen LogP contribution in [0.25, 0.3) is 0 Å². The van der Waals surface area contributed by atoms with E-state index in [0.29, 0.717) is 0 Å². The molecule has 2 bridgehead atoms. The Balaban J connectivity index is 1.50. The zero-order valence-electron chi connectivity index (χ0n) is 13.9. The van der Waals surface area contributed by atoms with Crippen LogP contribution in [0.5, 0.6) is 0 Å². The van der Waals surface area contributed by atoms with Crippen LogP contribution in [-0.4, -0.2) is 23.1 Å². The summed E-state index contributed by atoms with van der Waals surface area (Å²) in [6.45, 7) is 0. The van der Waals surface area contributed by atoms with Crippen LogP contribution in [0.2, 0.25) is 0 Å². The van der Waals surface area contributed by atoms with Gasteiger partial charge in [0.15, 0.2) is 0 Å². The number of hydrogen-bond acceptors (Lipinski definition) is 4. The van der Waals surface area contributed by atoms with Crippen LogP contribution >= 0.6 is 0 Å². The standard InChI is InChI=1S/C20H24O4/c21-17-13-11-5-6-12(15(13)19(23-17)7-1-2-8-19)16-14(11)18(22)24-20(16)9-3-4-10-20/h5-6,11-16H,1-4,7-10H2/t11?,12?,13-,14+,15+,16-. The molecule has 2 aliphatic heterocycles. The fourth-order valence-electron chi connectivity index (χ4n) is 7.59. The molecule has 2 unspecified atom stereocenters. The molecule has 3 saturated carbocycles. The number of esters is 2. The maximum Gasteiger partial charge on any atom is 0.310 e. The highest BCUT2D eigenvalue weighted by molar-refractivity contribution is 5.83. The summed E-state index contributed by atoms with van der Waals surface area (Å²) < 4.78 is 12.1. The largest absolute Gasteiger partial charge is 0.458 e. The minimum Gasteiger partial charge on any atom is -0.458 e. The molecule has 128 valence electrons. The van der Waals surface area contributed by atoms with E-state index in [1.165, 1.54) is 0 Å². The van der Waals surface area contributed by atoms with E-state index in [1.807, 2.05) is 0 Å². The third kappa shape index (κ3) is 1.40. The zero-order chi connectivity index (χ0) is 16.1. The summed E-state index contributed by atoms with van der Waals surface area (Å²) in [5.74, 6) is 0.530. The summed E-state index contributed by atoms with van der Waals surface area (Å²) in [4.78, 5) is 25.5. The SMILES string of the molecule is O=C1OC2(CCCC2)[C@H]2C3C=CC([C@@H]12)[C@@H]1C(=O)OC2(CCCC2)[C@H]31. The van der Waals surface area contributed by atoms with Crippen LogP contribution in [-0.2, 0) is 19.1 Å². The highest BCUT2D eigenvalue weighted by Gasteiger charge is 2.73. The zero-order valence-corrected chi connectivity index (χ0v) is 13.9. The smallest absolute Gasteiger partial charge is 0.310 e. The molecule has 0 aromatic carbocycles. The molecule has 2 saturated heterocycles. The van der Waals surface area contributed by atoms with Gasteiger partial charge in [0.1, 0.15) is 11.2 Å². The lowest BCUT2D eigenvalue weighted by molar-refractivity contribution is -0.153. The normalized spacial score (nSPS) is 48.8. The van der Waals surface area contributed by atoms with Crippen molar-refractivity contribution in [2.24, 2.45) is 35.5 Å². The molecule has 24 heavy (non-hydrogen) atoms. The maximum absolute atomic E-state index is 12.8. The Morgan fingerprint density at radius 1 is 0.708 bits per heavy atom. The molecule has 0 radical (unpaired) electrons. The van der Waals surface area contributed by atoms with Crippen molar-refractivity contribution in [2.75, 3.05) is 0 Å². The average molecular weight is 328 g/mol. The second-order valence-electron chi connectivity index (χ2n) is 9.03. The molecule has 5 fully saturated rings. The van der Waals surface area contributed by atoms with Gasteiger partial charge in [-0.2, -0.15) is 0 Å². The van der Waals surface area contributed by atoms with Crippen LogP contribution < -0.4 is 0 Å². The molecule has 0 N–H and O–H groups in total. The number of carbonyl (C=O) groups excluding carboxylic acids is 2. The number of rotatable bonds is 0. The Bertz CT molecular complexity index is 603. The van der Waals surface area contributed by atoms with Gasteiger partial charge in [0.25, 0.3) is 0 Å². The predicted molar refractivity (Wildman–Crippen MR) is 84.7 cm³/mol. The summed E-state index contributed by atoms with van der Waals surface area (Å²) in [6, 6.07) is 0. The fourth-order valence-corrected chi connectivity index (χ4v) is 7.59. The Hall–Kier alpha value is -1.32. The van der Waals surface area contributed by atoms with E-state index in [9.17, 15) is 9.59 Å². The van der Waals surface area contributed by atoms with Crippen molar-refractivity contribution in [1.29, 1.82) is 0 Å². The molecule has 4 nitrogen and oxygen atoms in total. The number of allylic oxidation sites excluding steroid dienone is 2. The number of carbonyl (C=O) groups is 2. The van der Waals surface area contributed by atoms with E-state index in [1.54, 1.807) is 0 Å². The van der Waals surface area contributed by atoms with Gasteiger partial charge >= 0.3 is 11.9 Å². The molecule has 7 rings (SSSR count). The van der Waals surface area contributed by atoms with Gasteiger partial charge < -0.3 is 9.47 Å². The van der Waals surface area contributed by atoms with Crippen LogP contribution in [0.3, 0.4) is 0 Å². The Morgan fingerprint density at radius 2 is 1.12 bits per heavy atom. The average Bonchev–Trinajstić information content (AvgIpc) is 3.33. The maximum atomic E-state index is 12.8. The van der Waals surface area contributed by atoms with Gasteiger partial charge in [-0.3, -0.25) is 9.59 Å². The molecule has 2 spiro atoms. The highest BCUT2D eigenvalue weighted by atomic mass is 16.6. The van der Waals surface area contributed by atoms with E-state index in [2.05, 4.69) is 12.2 Å². The molecular formula is C20H24O4. The molecule has 0 aromatic heterocycles. The van der Waals surface area contributed by atoms with Crippen molar-refractivity contribution < 1.29 is 19.1 Å². The highest BCUT2D eigenvalue weighted by Crippen LogP contribution is 2.67. The molecule has 7 aliphatic rings. The van der Waals surface area contributed by atoms with Crippen molar-refractivity contribution in [3.8, 4) is 0 Å². The Morgan fingerprint density at radius 3 is 1.58 bits per heavy atom. The monoisotopic (exact) mass is 328 g/mol. The van der Waals surface area contributed by atoms with Crippen LogP contribution in [0.15, 0.2) is 12.2 Å². The molecule has 4 heteroatoms. The van der Waals surface area contributed by atoms with Gasteiger partial charge in [-0.05, 0) is 57.3 Å². The van der Waals surface area contributed by atoms with E-state index in [0.717, 1.165) is 51.4 Å². The second-order valence-corrected chi connectivity index (χ2v) is 9.03. The first kappa shape index (κ1) is 13.9. The summed E-state index contributed by atoms with van der Waals surface area (Å²) in [7, 11) is 0. The number of hydrogen-bond donors (Lipinski definition) is 0. The van der Waals surface area contributed by atoms with E-state index in [4.69, 9.17) is 9.47 Å². The summed E-state index contributed by atoms with van der Waals surface area (Å²) in [5.41, 5.74) is -0.488. The van der Waals surface area contributed by atoms with Crippen LogP contribution in [0.1, 0.15) is 51.4 Å². The first-order valence-corrected chi connectivity index (χ1v) is 9.79. The molecule has 6 atom stereocenters. The van der Waals surface area contributed by atoms with Gasteiger partial charge in [0, 0.05) is 17.8 Å². The Kier molecular flexibility index (Phi) is 2.47. The van der Waals surface area contributed by atoms with Crippen molar-refractivity contribution >= 4 is 11.9 Å². The Labute approximate surface area is 141 Å². The second kappa shape index (κ2) is 4.25. The predicted octanol–water partition coefficient (Wildman–Crippen LogP) is 3.01. The third-order valence-corrected chi connectivity index (χ3v) is 8.25. The summed E-state index contributed by atoms with van der Waals surface area (Å²) in [5, 5.41) is 0. The minimum absolute atomic E-state index is 0.00458. The number of ether oxygens (including phenoxy) is 2. The lowest BCUT2D eigenvalue weighted by Crippen LogP contribution is -2.56. The lowest BCUT2D eigenvalue weighted by Gasteiger charge is -2.51. The summed E-state index contributed by atoms with van der Waals surface area (Å²) in [6.07, 6.45) is 13.2.